The number of nitrogens with zero attached hydrogens (tertiary/aromatic N) is 1. The van der Waals surface area contributed by atoms with E-state index < -0.39 is 0 Å². The van der Waals surface area contributed by atoms with E-state index in [0.717, 1.165) is 0 Å². The fraction of sp³-hybridized carbons (Fsp3) is 0. The minimum absolute atomic E-state index is 1.19. The molecule has 0 saturated carbocycles. The first kappa shape index (κ1) is 23.2. The predicted octanol–water partition coefficient (Wildman–Crippen LogP) is 11.2. The lowest BCUT2D eigenvalue weighted by molar-refractivity contribution is 1.37. The highest BCUT2D eigenvalue weighted by molar-refractivity contribution is 6.25. The highest BCUT2D eigenvalue weighted by Gasteiger charge is 2.22. The zero-order valence-electron chi connectivity index (χ0n) is 22.9. The van der Waals surface area contributed by atoms with Gasteiger partial charge in [-0.1, -0.05) is 121 Å². The monoisotopic (exact) mass is 531 g/mol. The Bertz CT molecular complexity index is 2320. The van der Waals surface area contributed by atoms with Gasteiger partial charge in [-0.05, 0) is 101 Å². The molecule has 0 saturated heterocycles. The summed E-state index contributed by atoms with van der Waals surface area (Å²) >= 11 is 0. The first-order valence-corrected chi connectivity index (χ1v) is 14.5. The molecule has 42 heavy (non-hydrogen) atoms. The lowest BCUT2D eigenvalue weighted by atomic mass is 9.80. The van der Waals surface area contributed by atoms with Crippen LogP contribution in [0.1, 0.15) is 0 Å². The molecule has 0 atom stereocenters. The molecular formula is C41H25N. The molecule has 1 heteroatoms. The molecule has 194 valence electrons. The number of rotatable bonds is 1. The van der Waals surface area contributed by atoms with E-state index >= 15 is 0 Å². The summed E-state index contributed by atoms with van der Waals surface area (Å²) in [5.41, 5.74) is 12.6. The van der Waals surface area contributed by atoms with E-state index in [1.54, 1.807) is 0 Å². The van der Waals surface area contributed by atoms with Crippen molar-refractivity contribution in [3.63, 3.8) is 0 Å². The molecule has 0 N–H and O–H groups in total. The summed E-state index contributed by atoms with van der Waals surface area (Å²) in [5, 5.41) is 7.48. The normalized spacial score (nSPS) is 11.8. The van der Waals surface area contributed by atoms with E-state index in [2.05, 4.69) is 145 Å². The van der Waals surface area contributed by atoms with Crippen LogP contribution in [-0.4, -0.2) is 4.98 Å². The van der Waals surface area contributed by atoms with Crippen molar-refractivity contribution in [3.8, 4) is 55.6 Å². The van der Waals surface area contributed by atoms with Gasteiger partial charge in [-0.15, -0.1) is 0 Å². The summed E-state index contributed by atoms with van der Waals surface area (Å²) in [6.45, 7) is 0. The number of aromatic nitrogens is 1. The molecule has 1 aromatic heterocycles. The van der Waals surface area contributed by atoms with Gasteiger partial charge >= 0.3 is 0 Å². The van der Waals surface area contributed by atoms with Crippen LogP contribution < -0.4 is 0 Å². The van der Waals surface area contributed by atoms with Crippen LogP contribution in [0, 0.1) is 0 Å². The maximum atomic E-state index is 4.47. The van der Waals surface area contributed by atoms with Crippen LogP contribution in [0.3, 0.4) is 0 Å². The van der Waals surface area contributed by atoms with Gasteiger partial charge in [0.15, 0.2) is 0 Å². The second kappa shape index (κ2) is 8.99. The van der Waals surface area contributed by atoms with E-state index in [9.17, 15) is 0 Å². The fourth-order valence-electron chi connectivity index (χ4n) is 7.02. The number of fused-ring (bicyclic) bond motifs is 14. The molecule has 1 heterocycles. The molecule has 9 rings (SSSR count). The molecule has 1 aliphatic rings. The van der Waals surface area contributed by atoms with Crippen molar-refractivity contribution in [2.75, 3.05) is 0 Å². The average Bonchev–Trinajstić information content (AvgIpc) is 3.07. The lowest BCUT2D eigenvalue weighted by Crippen LogP contribution is -1.97. The van der Waals surface area contributed by atoms with Crippen LogP contribution in [-0.2, 0) is 0 Å². The summed E-state index contributed by atoms with van der Waals surface area (Å²) in [6.07, 6.45) is 3.90. The van der Waals surface area contributed by atoms with Crippen molar-refractivity contribution in [2.24, 2.45) is 0 Å². The average molecular weight is 532 g/mol. The van der Waals surface area contributed by atoms with E-state index in [-0.39, 0.29) is 0 Å². The van der Waals surface area contributed by atoms with Crippen molar-refractivity contribution in [3.05, 3.63) is 152 Å². The topological polar surface area (TPSA) is 12.9 Å². The molecule has 0 unspecified atom stereocenters. The number of pyridine rings is 1. The Labute approximate surface area is 244 Å². The van der Waals surface area contributed by atoms with Gasteiger partial charge in [-0.3, -0.25) is 4.98 Å². The highest BCUT2D eigenvalue weighted by atomic mass is 14.6. The van der Waals surface area contributed by atoms with Crippen molar-refractivity contribution >= 4 is 32.3 Å². The van der Waals surface area contributed by atoms with Crippen molar-refractivity contribution in [1.82, 2.24) is 4.98 Å². The van der Waals surface area contributed by atoms with E-state index in [1.165, 1.54) is 88.0 Å². The Kier molecular flexibility index (Phi) is 4.97. The van der Waals surface area contributed by atoms with Crippen LogP contribution >= 0.6 is 0 Å². The second-order valence-electron chi connectivity index (χ2n) is 11.1. The SMILES string of the molecule is c1ccc2c(c1)-c1ccccc1-c1ccc(-c3ccc4c5ccccc5c5cnccc5c4c3)cc1-c1ccccc1-2. The van der Waals surface area contributed by atoms with Crippen molar-refractivity contribution < 1.29 is 0 Å². The van der Waals surface area contributed by atoms with Crippen LogP contribution in [0.2, 0.25) is 0 Å². The zero-order valence-corrected chi connectivity index (χ0v) is 22.9. The summed E-state index contributed by atoms with van der Waals surface area (Å²) in [5.74, 6) is 0. The largest absolute Gasteiger partial charge is 0.264 e. The lowest BCUT2D eigenvalue weighted by Gasteiger charge is -2.23. The third kappa shape index (κ3) is 3.34. The molecule has 8 aromatic rings. The van der Waals surface area contributed by atoms with Gasteiger partial charge in [0.2, 0.25) is 0 Å². The Morgan fingerprint density at radius 1 is 0.286 bits per heavy atom. The molecule has 0 spiro atoms. The number of benzene rings is 7. The molecule has 7 aromatic carbocycles. The summed E-state index contributed by atoms with van der Waals surface area (Å²) in [4.78, 5) is 4.47. The molecule has 1 nitrogen and oxygen atoms in total. The smallest absolute Gasteiger partial charge is 0.0352 e. The summed E-state index contributed by atoms with van der Waals surface area (Å²) < 4.78 is 0. The van der Waals surface area contributed by atoms with Gasteiger partial charge in [-0.25, -0.2) is 0 Å². The van der Waals surface area contributed by atoms with E-state index in [1.807, 2.05) is 12.4 Å². The fourth-order valence-corrected chi connectivity index (χ4v) is 7.02. The quantitative estimate of drug-likeness (QED) is 0.192. The van der Waals surface area contributed by atoms with Crippen LogP contribution in [0.4, 0.5) is 0 Å². The Hall–Kier alpha value is -5.53. The molecule has 1 aliphatic carbocycles. The highest BCUT2D eigenvalue weighted by Crippen LogP contribution is 2.48. The van der Waals surface area contributed by atoms with Gasteiger partial charge in [0.25, 0.3) is 0 Å². The minimum Gasteiger partial charge on any atom is -0.264 e. The third-order valence-corrected chi connectivity index (χ3v) is 8.93. The maximum absolute atomic E-state index is 4.47. The first-order chi connectivity index (χ1) is 20.8. The Morgan fingerprint density at radius 3 is 1.33 bits per heavy atom. The molecular weight excluding hydrogens is 506 g/mol. The van der Waals surface area contributed by atoms with Gasteiger partial charge in [-0.2, -0.15) is 0 Å². The standard InChI is InChI=1S/C41H25N/c1-2-10-29-28(9-1)30-11-3-4-13-32(30)36-19-17-26(23-39(36)34-15-7-5-12-31(29)34)27-18-20-37-33-14-6-8-16-35(33)41-25-42-22-21-38(41)40(37)24-27/h1-25H. The van der Waals surface area contributed by atoms with Gasteiger partial charge in [0.1, 0.15) is 0 Å². The van der Waals surface area contributed by atoms with E-state index in [0.29, 0.717) is 0 Å². The Balaban J connectivity index is 1.33. The minimum atomic E-state index is 1.19. The maximum Gasteiger partial charge on any atom is 0.0352 e. The van der Waals surface area contributed by atoms with Crippen LogP contribution in [0.25, 0.3) is 88.0 Å². The first-order valence-electron chi connectivity index (χ1n) is 14.5. The zero-order chi connectivity index (χ0) is 27.6. The molecule has 0 fully saturated rings. The summed E-state index contributed by atoms with van der Waals surface area (Å²) in [7, 11) is 0. The van der Waals surface area contributed by atoms with Crippen LogP contribution in [0.5, 0.6) is 0 Å². The predicted molar refractivity (Wildman–Crippen MR) is 177 cm³/mol. The molecule has 0 aliphatic heterocycles. The van der Waals surface area contributed by atoms with Crippen LogP contribution in [0.15, 0.2) is 152 Å². The summed E-state index contributed by atoms with van der Waals surface area (Å²) in [6, 6.07) is 51.2. The second-order valence-corrected chi connectivity index (χ2v) is 11.1. The van der Waals surface area contributed by atoms with Gasteiger partial charge in [0.05, 0.1) is 0 Å². The van der Waals surface area contributed by atoms with E-state index in [4.69, 9.17) is 0 Å². The van der Waals surface area contributed by atoms with Crippen molar-refractivity contribution in [1.29, 1.82) is 0 Å². The molecule has 0 bridgehead atoms. The third-order valence-electron chi connectivity index (χ3n) is 8.93. The molecule has 0 radical (unpaired) electrons. The Morgan fingerprint density at radius 2 is 0.714 bits per heavy atom. The number of hydrogen-bond acceptors (Lipinski definition) is 1. The van der Waals surface area contributed by atoms with Gasteiger partial charge < -0.3 is 0 Å². The molecule has 0 amide bonds. The number of hydrogen-bond donors (Lipinski definition) is 0. The van der Waals surface area contributed by atoms with Gasteiger partial charge in [0, 0.05) is 17.8 Å². The van der Waals surface area contributed by atoms with Crippen molar-refractivity contribution in [2.45, 2.75) is 0 Å².